The van der Waals surface area contributed by atoms with Crippen LogP contribution in [0.2, 0.25) is 0 Å². The molecule has 2 N–H and O–H groups in total. The van der Waals surface area contributed by atoms with Crippen LogP contribution in [0.1, 0.15) is 26.7 Å². The molecule has 61 valence electrons. The molecule has 0 atom stereocenters. The van der Waals surface area contributed by atoms with Crippen LogP contribution in [0.4, 0.5) is 0 Å². The molecular formula is C6H14O3P. The van der Waals surface area contributed by atoms with Crippen molar-refractivity contribution in [1.29, 1.82) is 0 Å². The monoisotopic (exact) mass is 165 g/mol. The first-order valence-corrected chi connectivity index (χ1v) is 4.99. The zero-order valence-electron chi connectivity index (χ0n) is 6.32. The maximum absolute atomic E-state index is 10.3. The standard InChI is InChI=1S/C6H14O3P/c1-6(2)4-3-5-10(7,8)9/h5-6H,3-4H2,1-2H3,(H2,7,8,9). The second kappa shape index (κ2) is 4.12. The molecule has 0 aromatic carbocycles. The first-order chi connectivity index (χ1) is 4.42. The number of hydrogen-bond acceptors (Lipinski definition) is 1. The Hall–Kier alpha value is 0.150. The molecule has 0 bridgehead atoms. The van der Waals surface area contributed by atoms with E-state index in [0.717, 1.165) is 12.6 Å². The van der Waals surface area contributed by atoms with Gasteiger partial charge in [0.1, 0.15) is 0 Å². The summed E-state index contributed by atoms with van der Waals surface area (Å²) >= 11 is 0. The SMILES string of the molecule is CC(C)CC[CH]P(=O)(O)O. The fourth-order valence-electron chi connectivity index (χ4n) is 0.576. The normalized spacial score (nSPS) is 12.5. The second-order valence-electron chi connectivity index (χ2n) is 2.74. The topological polar surface area (TPSA) is 57.5 Å². The van der Waals surface area contributed by atoms with Crippen LogP contribution in [0, 0.1) is 12.1 Å². The van der Waals surface area contributed by atoms with E-state index in [1.807, 2.05) is 13.8 Å². The molecule has 0 aliphatic rings. The molecule has 1 radical (unpaired) electrons. The molecule has 10 heavy (non-hydrogen) atoms. The first kappa shape index (κ1) is 10.2. The second-order valence-corrected chi connectivity index (χ2v) is 4.29. The van der Waals surface area contributed by atoms with Crippen LogP contribution in [0.3, 0.4) is 0 Å². The Balaban J connectivity index is 3.30. The van der Waals surface area contributed by atoms with E-state index in [1.165, 1.54) is 0 Å². The maximum Gasteiger partial charge on any atom is 0.329 e. The molecule has 0 aromatic heterocycles. The van der Waals surface area contributed by atoms with Crippen molar-refractivity contribution in [2.45, 2.75) is 26.7 Å². The lowest BCUT2D eigenvalue weighted by Crippen LogP contribution is -1.87. The lowest BCUT2D eigenvalue weighted by molar-refractivity contribution is 0.378. The van der Waals surface area contributed by atoms with Crippen LogP contribution in [-0.2, 0) is 4.57 Å². The van der Waals surface area contributed by atoms with Gasteiger partial charge in [0.2, 0.25) is 0 Å². The first-order valence-electron chi connectivity index (χ1n) is 3.31. The fraction of sp³-hybridized carbons (Fsp3) is 0.833. The van der Waals surface area contributed by atoms with Gasteiger partial charge in [0, 0.05) is 0 Å². The minimum absolute atomic E-state index is 0.502. The highest BCUT2D eigenvalue weighted by Crippen LogP contribution is 2.40. The molecule has 4 heteroatoms. The minimum atomic E-state index is -3.85. The predicted molar refractivity (Wildman–Crippen MR) is 40.4 cm³/mol. The summed E-state index contributed by atoms with van der Waals surface area (Å²) in [7, 11) is -3.85. The average Bonchev–Trinajstić information content (AvgIpc) is 1.59. The van der Waals surface area contributed by atoms with Gasteiger partial charge in [0.15, 0.2) is 0 Å². The minimum Gasteiger partial charge on any atom is -0.324 e. The van der Waals surface area contributed by atoms with E-state index < -0.39 is 7.60 Å². The average molecular weight is 165 g/mol. The van der Waals surface area contributed by atoms with E-state index in [9.17, 15) is 4.57 Å². The zero-order chi connectivity index (χ0) is 8.20. The van der Waals surface area contributed by atoms with E-state index >= 15 is 0 Å². The van der Waals surface area contributed by atoms with Crippen LogP contribution in [0.5, 0.6) is 0 Å². The third-order valence-electron chi connectivity index (χ3n) is 1.11. The van der Waals surface area contributed by atoms with Gasteiger partial charge >= 0.3 is 7.60 Å². The van der Waals surface area contributed by atoms with Crippen molar-refractivity contribution in [2.24, 2.45) is 5.92 Å². The molecule has 0 saturated heterocycles. The summed E-state index contributed by atoms with van der Waals surface area (Å²) in [6.07, 6.45) is 2.42. The Bertz CT molecular complexity index is 127. The Labute approximate surface area is 61.6 Å². The third-order valence-corrected chi connectivity index (χ3v) is 1.84. The van der Waals surface area contributed by atoms with Gasteiger partial charge in [-0.15, -0.1) is 0 Å². The molecule has 0 spiro atoms. The molecule has 3 nitrogen and oxygen atoms in total. The summed E-state index contributed by atoms with van der Waals surface area (Å²) in [5.41, 5.74) is 0. The molecule has 0 saturated carbocycles. The van der Waals surface area contributed by atoms with Gasteiger partial charge in [-0.05, 0) is 12.3 Å². The Morgan fingerprint density at radius 3 is 2.30 bits per heavy atom. The molecular weight excluding hydrogens is 151 g/mol. The molecule has 0 unspecified atom stereocenters. The van der Waals surface area contributed by atoms with Crippen LogP contribution < -0.4 is 0 Å². The van der Waals surface area contributed by atoms with Crippen LogP contribution >= 0.6 is 7.60 Å². The van der Waals surface area contributed by atoms with Crippen molar-refractivity contribution < 1.29 is 14.4 Å². The summed E-state index contributed by atoms with van der Waals surface area (Å²) in [5.74, 6) is 0.503. The van der Waals surface area contributed by atoms with Crippen LogP contribution in [0.15, 0.2) is 0 Å². The van der Waals surface area contributed by atoms with E-state index in [-0.39, 0.29) is 0 Å². The van der Waals surface area contributed by atoms with E-state index in [1.54, 1.807) is 0 Å². The summed E-state index contributed by atoms with van der Waals surface area (Å²) in [4.78, 5) is 16.8. The summed E-state index contributed by atoms with van der Waals surface area (Å²) in [6.45, 7) is 4.04. The van der Waals surface area contributed by atoms with Gasteiger partial charge < -0.3 is 9.79 Å². The van der Waals surface area contributed by atoms with Gasteiger partial charge in [0.05, 0.1) is 6.16 Å². The maximum atomic E-state index is 10.3. The van der Waals surface area contributed by atoms with Crippen molar-refractivity contribution >= 4 is 7.60 Å². The van der Waals surface area contributed by atoms with Gasteiger partial charge in [0.25, 0.3) is 0 Å². The predicted octanol–water partition coefficient (Wildman–Crippen LogP) is 1.76. The highest BCUT2D eigenvalue weighted by molar-refractivity contribution is 7.54. The summed E-state index contributed by atoms with van der Waals surface area (Å²) < 4.78 is 10.3. The van der Waals surface area contributed by atoms with E-state index in [0.29, 0.717) is 12.3 Å². The summed E-state index contributed by atoms with van der Waals surface area (Å²) in [5, 5.41) is 0. The van der Waals surface area contributed by atoms with E-state index in [4.69, 9.17) is 9.79 Å². The van der Waals surface area contributed by atoms with Crippen molar-refractivity contribution in [3.8, 4) is 0 Å². The third kappa shape index (κ3) is 8.15. The number of rotatable bonds is 4. The highest BCUT2D eigenvalue weighted by atomic mass is 31.2. The lowest BCUT2D eigenvalue weighted by Gasteiger charge is -2.04. The Morgan fingerprint density at radius 2 is 2.00 bits per heavy atom. The number of hydrogen-bond donors (Lipinski definition) is 2. The molecule has 0 heterocycles. The highest BCUT2D eigenvalue weighted by Gasteiger charge is 2.12. The fourth-order valence-corrected chi connectivity index (χ4v) is 1.06. The van der Waals surface area contributed by atoms with Crippen LogP contribution in [0.25, 0.3) is 0 Å². The van der Waals surface area contributed by atoms with Crippen LogP contribution in [-0.4, -0.2) is 9.79 Å². The van der Waals surface area contributed by atoms with Crippen molar-refractivity contribution in [1.82, 2.24) is 0 Å². The Kier molecular flexibility index (Phi) is 4.18. The molecule has 0 aliphatic carbocycles. The van der Waals surface area contributed by atoms with E-state index in [2.05, 4.69) is 0 Å². The summed E-state index contributed by atoms with van der Waals surface area (Å²) in [6, 6.07) is 0. The molecule has 0 aliphatic heterocycles. The van der Waals surface area contributed by atoms with Gasteiger partial charge in [-0.1, -0.05) is 20.3 Å². The van der Waals surface area contributed by atoms with Gasteiger partial charge in [-0.2, -0.15) is 0 Å². The van der Waals surface area contributed by atoms with Crippen molar-refractivity contribution in [3.63, 3.8) is 0 Å². The smallest absolute Gasteiger partial charge is 0.324 e. The molecule has 0 amide bonds. The van der Waals surface area contributed by atoms with Crippen molar-refractivity contribution in [3.05, 3.63) is 6.16 Å². The van der Waals surface area contributed by atoms with Gasteiger partial charge in [-0.3, -0.25) is 4.57 Å². The van der Waals surface area contributed by atoms with Crippen molar-refractivity contribution in [2.75, 3.05) is 0 Å². The largest absolute Gasteiger partial charge is 0.329 e. The zero-order valence-corrected chi connectivity index (χ0v) is 7.21. The lowest BCUT2D eigenvalue weighted by atomic mass is 10.1. The molecule has 0 fully saturated rings. The molecule has 0 aromatic rings. The van der Waals surface area contributed by atoms with Gasteiger partial charge in [-0.25, -0.2) is 0 Å². The quantitative estimate of drug-likeness (QED) is 0.624. The Morgan fingerprint density at radius 1 is 1.50 bits per heavy atom. The molecule has 0 rings (SSSR count).